The summed E-state index contributed by atoms with van der Waals surface area (Å²) in [6.07, 6.45) is 1.89. The summed E-state index contributed by atoms with van der Waals surface area (Å²) in [7, 11) is -1.35. The Morgan fingerprint density at radius 2 is 2.00 bits per heavy atom. The highest BCUT2D eigenvalue weighted by molar-refractivity contribution is 7.88. The summed E-state index contributed by atoms with van der Waals surface area (Å²) in [6.45, 7) is 5.42. The maximum atomic E-state index is 12.6. The summed E-state index contributed by atoms with van der Waals surface area (Å²) < 4.78 is 26.9. The van der Waals surface area contributed by atoms with Crippen LogP contribution in [0.4, 0.5) is 0 Å². The molecule has 0 radical (unpaired) electrons. The fourth-order valence-corrected chi connectivity index (χ4v) is 4.93. The van der Waals surface area contributed by atoms with Gasteiger partial charge < -0.3 is 5.32 Å². The molecule has 1 N–H and O–H groups in total. The molecule has 1 aromatic rings. The van der Waals surface area contributed by atoms with E-state index in [-0.39, 0.29) is 11.3 Å². The molecule has 1 heterocycles. The predicted molar refractivity (Wildman–Crippen MR) is 81.8 cm³/mol. The Bertz CT molecular complexity index is 567. The molecule has 1 fully saturated rings. The van der Waals surface area contributed by atoms with Gasteiger partial charge in [-0.15, -0.1) is 0 Å². The molecule has 0 atom stereocenters. The Kier molecular flexibility index (Phi) is 4.52. The second-order valence-electron chi connectivity index (χ2n) is 6.09. The van der Waals surface area contributed by atoms with Gasteiger partial charge in [0.15, 0.2) is 0 Å². The standard InChI is InChI=1S/C15H24N2O2S/c1-15(2)8-5-9-17(15)20(18,19)12-14-7-4-6-13(10-14)11-16-3/h4,6-7,10,16H,5,8-9,11-12H2,1-3H3. The number of rotatable bonds is 5. The van der Waals surface area contributed by atoms with Gasteiger partial charge >= 0.3 is 0 Å². The summed E-state index contributed by atoms with van der Waals surface area (Å²) >= 11 is 0. The first-order valence-electron chi connectivity index (χ1n) is 7.08. The van der Waals surface area contributed by atoms with Crippen LogP contribution in [0.3, 0.4) is 0 Å². The van der Waals surface area contributed by atoms with E-state index >= 15 is 0 Å². The number of hydrogen-bond acceptors (Lipinski definition) is 3. The normalized spacial score (nSPS) is 19.4. The van der Waals surface area contributed by atoms with Crippen molar-refractivity contribution in [3.8, 4) is 0 Å². The Morgan fingerprint density at radius 3 is 2.60 bits per heavy atom. The SMILES string of the molecule is CNCc1cccc(CS(=O)(=O)N2CCCC2(C)C)c1. The average Bonchev–Trinajstić information content (AvgIpc) is 2.70. The van der Waals surface area contributed by atoms with Gasteiger partial charge in [-0.2, -0.15) is 4.31 Å². The van der Waals surface area contributed by atoms with Gasteiger partial charge in [-0.25, -0.2) is 8.42 Å². The van der Waals surface area contributed by atoms with Crippen LogP contribution in [0.25, 0.3) is 0 Å². The predicted octanol–water partition coefficient (Wildman–Crippen LogP) is 2.11. The van der Waals surface area contributed by atoms with Crippen molar-refractivity contribution in [1.82, 2.24) is 9.62 Å². The van der Waals surface area contributed by atoms with Crippen LogP contribution in [0.5, 0.6) is 0 Å². The Hall–Kier alpha value is -0.910. The molecule has 1 aromatic carbocycles. The van der Waals surface area contributed by atoms with Crippen LogP contribution >= 0.6 is 0 Å². The van der Waals surface area contributed by atoms with Crippen molar-refractivity contribution in [1.29, 1.82) is 0 Å². The third kappa shape index (κ3) is 3.40. The minimum atomic E-state index is -3.24. The van der Waals surface area contributed by atoms with Gasteiger partial charge in [-0.1, -0.05) is 24.3 Å². The fraction of sp³-hybridized carbons (Fsp3) is 0.600. The summed E-state index contributed by atoms with van der Waals surface area (Å²) in [5, 5.41) is 3.08. The zero-order valence-electron chi connectivity index (χ0n) is 12.5. The summed E-state index contributed by atoms with van der Waals surface area (Å²) in [6, 6.07) is 7.79. The molecule has 1 saturated heterocycles. The first-order chi connectivity index (χ1) is 9.35. The number of benzene rings is 1. The quantitative estimate of drug-likeness (QED) is 0.905. The van der Waals surface area contributed by atoms with Crippen LogP contribution in [0.2, 0.25) is 0 Å². The van der Waals surface area contributed by atoms with Crippen LogP contribution in [-0.4, -0.2) is 31.9 Å². The second kappa shape index (κ2) is 5.84. The molecule has 0 bridgehead atoms. The number of hydrogen-bond donors (Lipinski definition) is 1. The van der Waals surface area contributed by atoms with E-state index in [0.29, 0.717) is 6.54 Å². The van der Waals surface area contributed by atoms with Crippen molar-refractivity contribution in [3.63, 3.8) is 0 Å². The largest absolute Gasteiger partial charge is 0.316 e. The molecule has 0 saturated carbocycles. The van der Waals surface area contributed by atoms with Crippen molar-refractivity contribution in [3.05, 3.63) is 35.4 Å². The van der Waals surface area contributed by atoms with E-state index in [1.165, 1.54) is 0 Å². The highest BCUT2D eigenvalue weighted by atomic mass is 32.2. The smallest absolute Gasteiger partial charge is 0.218 e. The van der Waals surface area contributed by atoms with Gasteiger partial charge in [0.1, 0.15) is 0 Å². The van der Waals surface area contributed by atoms with E-state index in [0.717, 1.165) is 30.5 Å². The molecule has 1 aliphatic rings. The number of nitrogens with one attached hydrogen (secondary N) is 1. The van der Waals surface area contributed by atoms with Gasteiger partial charge in [-0.05, 0) is 44.9 Å². The van der Waals surface area contributed by atoms with Crippen LogP contribution in [0.1, 0.15) is 37.8 Å². The molecule has 1 aliphatic heterocycles. The first kappa shape index (κ1) is 15.5. The summed E-state index contributed by atoms with van der Waals surface area (Å²) in [4.78, 5) is 0. The van der Waals surface area contributed by atoms with Gasteiger partial charge in [0, 0.05) is 18.6 Å². The molecule has 2 rings (SSSR count). The molecule has 0 spiro atoms. The summed E-state index contributed by atoms with van der Waals surface area (Å²) in [5.41, 5.74) is 1.72. The third-order valence-electron chi connectivity index (χ3n) is 3.88. The molecule has 0 amide bonds. The van der Waals surface area contributed by atoms with Crippen molar-refractivity contribution in [2.45, 2.75) is 44.5 Å². The average molecular weight is 296 g/mol. The Labute approximate surface area is 122 Å². The van der Waals surface area contributed by atoms with Crippen molar-refractivity contribution >= 4 is 10.0 Å². The lowest BCUT2D eigenvalue weighted by atomic mass is 10.0. The first-order valence-corrected chi connectivity index (χ1v) is 8.69. The lowest BCUT2D eigenvalue weighted by molar-refractivity contribution is 0.291. The molecular weight excluding hydrogens is 272 g/mol. The van der Waals surface area contributed by atoms with Gasteiger partial charge in [-0.3, -0.25) is 0 Å². The van der Waals surface area contributed by atoms with E-state index in [2.05, 4.69) is 5.32 Å². The highest BCUT2D eigenvalue weighted by Gasteiger charge is 2.39. The zero-order chi connectivity index (χ0) is 14.8. The monoisotopic (exact) mass is 296 g/mol. The molecule has 4 nitrogen and oxygen atoms in total. The van der Waals surface area contributed by atoms with E-state index in [4.69, 9.17) is 0 Å². The lowest BCUT2D eigenvalue weighted by Gasteiger charge is -2.30. The van der Waals surface area contributed by atoms with Crippen LogP contribution < -0.4 is 5.32 Å². The van der Waals surface area contributed by atoms with E-state index in [9.17, 15) is 8.42 Å². The van der Waals surface area contributed by atoms with Gasteiger partial charge in [0.25, 0.3) is 0 Å². The molecule has 5 heteroatoms. The highest BCUT2D eigenvalue weighted by Crippen LogP contribution is 2.32. The number of nitrogens with zero attached hydrogens (tertiary/aromatic N) is 1. The van der Waals surface area contributed by atoms with E-state index < -0.39 is 10.0 Å². The zero-order valence-corrected chi connectivity index (χ0v) is 13.3. The van der Waals surface area contributed by atoms with Crippen molar-refractivity contribution < 1.29 is 8.42 Å². The molecule has 0 aliphatic carbocycles. The maximum Gasteiger partial charge on any atom is 0.218 e. The Morgan fingerprint density at radius 1 is 1.30 bits per heavy atom. The minimum absolute atomic E-state index is 0.0913. The topological polar surface area (TPSA) is 49.4 Å². The van der Waals surface area contributed by atoms with Gasteiger partial charge in [0.05, 0.1) is 5.75 Å². The van der Waals surface area contributed by atoms with Crippen LogP contribution in [0.15, 0.2) is 24.3 Å². The lowest BCUT2D eigenvalue weighted by Crippen LogP contribution is -2.43. The summed E-state index contributed by atoms with van der Waals surface area (Å²) in [5.74, 6) is 0.0913. The molecular formula is C15H24N2O2S. The molecule has 0 aromatic heterocycles. The van der Waals surface area contributed by atoms with Crippen LogP contribution in [-0.2, 0) is 22.3 Å². The van der Waals surface area contributed by atoms with E-state index in [1.54, 1.807) is 4.31 Å². The van der Waals surface area contributed by atoms with Gasteiger partial charge in [0.2, 0.25) is 10.0 Å². The fourth-order valence-electron chi connectivity index (χ4n) is 2.92. The molecule has 20 heavy (non-hydrogen) atoms. The maximum absolute atomic E-state index is 12.6. The second-order valence-corrected chi connectivity index (χ2v) is 7.99. The molecule has 112 valence electrons. The van der Waals surface area contributed by atoms with Crippen LogP contribution in [0, 0.1) is 0 Å². The van der Waals surface area contributed by atoms with Crippen molar-refractivity contribution in [2.24, 2.45) is 0 Å². The Balaban J connectivity index is 2.18. The van der Waals surface area contributed by atoms with Crippen molar-refractivity contribution in [2.75, 3.05) is 13.6 Å². The third-order valence-corrected chi connectivity index (χ3v) is 5.93. The number of sulfonamides is 1. The minimum Gasteiger partial charge on any atom is -0.316 e. The van der Waals surface area contributed by atoms with E-state index in [1.807, 2.05) is 45.2 Å². The molecule has 0 unspecified atom stereocenters.